The summed E-state index contributed by atoms with van der Waals surface area (Å²) in [6, 6.07) is 6.78. The lowest BCUT2D eigenvalue weighted by Crippen LogP contribution is -2.37. The van der Waals surface area contributed by atoms with Crippen LogP contribution in [0.5, 0.6) is 0 Å². The number of hydrogen-bond acceptors (Lipinski definition) is 4. The summed E-state index contributed by atoms with van der Waals surface area (Å²) >= 11 is 1.62. The molecule has 0 bridgehead atoms. The van der Waals surface area contributed by atoms with Gasteiger partial charge in [-0.25, -0.2) is 4.39 Å². The normalized spacial score (nSPS) is 14.1. The average molecular weight is 309 g/mol. The van der Waals surface area contributed by atoms with E-state index in [1.54, 1.807) is 36.2 Å². The van der Waals surface area contributed by atoms with E-state index in [1.165, 1.54) is 6.07 Å². The quantitative estimate of drug-likeness (QED) is 0.735. The summed E-state index contributed by atoms with van der Waals surface area (Å²) in [7, 11) is 0. The third-order valence-corrected chi connectivity index (χ3v) is 4.68. The van der Waals surface area contributed by atoms with Crippen LogP contribution >= 0.6 is 11.8 Å². The predicted octanol–water partition coefficient (Wildman–Crippen LogP) is 2.42. The predicted molar refractivity (Wildman–Crippen MR) is 84.7 cm³/mol. The van der Waals surface area contributed by atoms with Crippen molar-refractivity contribution in [2.45, 2.75) is 24.8 Å². The van der Waals surface area contributed by atoms with Crippen molar-refractivity contribution in [1.82, 2.24) is 15.5 Å². The zero-order chi connectivity index (χ0) is 15.2. The number of aromatic nitrogens is 2. The van der Waals surface area contributed by atoms with E-state index in [0.717, 1.165) is 5.56 Å². The highest BCUT2D eigenvalue weighted by atomic mass is 32.2. The lowest BCUT2D eigenvalue weighted by atomic mass is 10.1. The lowest BCUT2D eigenvalue weighted by Gasteiger charge is -2.21. The van der Waals surface area contributed by atoms with Crippen LogP contribution in [0.15, 0.2) is 30.5 Å². The van der Waals surface area contributed by atoms with E-state index in [4.69, 9.17) is 0 Å². The van der Waals surface area contributed by atoms with Gasteiger partial charge in [0.05, 0.1) is 18.5 Å². The minimum absolute atomic E-state index is 0.126. The van der Waals surface area contributed by atoms with E-state index in [1.807, 2.05) is 13.2 Å². The van der Waals surface area contributed by atoms with Crippen molar-refractivity contribution in [3.63, 3.8) is 0 Å². The van der Waals surface area contributed by atoms with Crippen LogP contribution in [-0.4, -0.2) is 39.5 Å². The van der Waals surface area contributed by atoms with Crippen molar-refractivity contribution in [1.29, 1.82) is 0 Å². The van der Waals surface area contributed by atoms with Crippen LogP contribution in [-0.2, 0) is 6.54 Å². The number of aliphatic hydroxyl groups excluding tert-OH is 1. The van der Waals surface area contributed by atoms with Crippen LogP contribution in [0, 0.1) is 5.82 Å². The average Bonchev–Trinajstić information content (AvgIpc) is 2.95. The summed E-state index contributed by atoms with van der Waals surface area (Å²) in [5.41, 5.74) is 2.12. The molecule has 1 aromatic carbocycles. The first-order valence-electron chi connectivity index (χ1n) is 6.81. The number of aromatic amines is 1. The molecule has 1 aromatic heterocycles. The van der Waals surface area contributed by atoms with Crippen LogP contribution in [0.4, 0.5) is 4.39 Å². The molecule has 1 heterocycles. The standard InChI is InChI=1S/C15H20FN3OS/c1-10(14(9-20)21-2)17-7-11-8-18-19-15(11)12-5-3-4-6-13(12)16/h3-6,8,10,14,17,20H,7,9H2,1-2H3,(H,18,19). The van der Waals surface area contributed by atoms with Gasteiger partial charge in [0.2, 0.25) is 0 Å². The van der Waals surface area contributed by atoms with E-state index in [-0.39, 0.29) is 23.7 Å². The molecule has 2 unspecified atom stereocenters. The summed E-state index contributed by atoms with van der Waals surface area (Å²) in [6.45, 7) is 2.72. The fraction of sp³-hybridized carbons (Fsp3) is 0.400. The molecule has 2 rings (SSSR count). The molecule has 0 aliphatic heterocycles. The lowest BCUT2D eigenvalue weighted by molar-refractivity contribution is 0.276. The number of aliphatic hydroxyl groups is 1. The van der Waals surface area contributed by atoms with Crippen molar-refractivity contribution in [2.24, 2.45) is 0 Å². The zero-order valence-corrected chi connectivity index (χ0v) is 13.0. The van der Waals surface area contributed by atoms with Crippen molar-refractivity contribution < 1.29 is 9.50 Å². The first-order chi connectivity index (χ1) is 10.2. The fourth-order valence-corrected chi connectivity index (χ4v) is 2.83. The molecule has 0 amide bonds. The van der Waals surface area contributed by atoms with Gasteiger partial charge in [0.25, 0.3) is 0 Å². The Balaban J connectivity index is 2.10. The number of rotatable bonds is 7. The molecule has 0 fully saturated rings. The van der Waals surface area contributed by atoms with Gasteiger partial charge >= 0.3 is 0 Å². The number of nitrogens with one attached hydrogen (secondary N) is 2. The molecule has 6 heteroatoms. The number of H-pyrrole nitrogens is 1. The van der Waals surface area contributed by atoms with Gasteiger partial charge in [0, 0.05) is 29.0 Å². The van der Waals surface area contributed by atoms with Crippen LogP contribution in [0.1, 0.15) is 12.5 Å². The Morgan fingerprint density at radius 1 is 1.43 bits per heavy atom. The fourth-order valence-electron chi connectivity index (χ4n) is 2.18. The van der Waals surface area contributed by atoms with Crippen LogP contribution in [0.2, 0.25) is 0 Å². The summed E-state index contributed by atoms with van der Waals surface area (Å²) < 4.78 is 13.9. The molecule has 0 aliphatic rings. The highest BCUT2D eigenvalue weighted by Crippen LogP contribution is 2.24. The minimum atomic E-state index is -0.270. The second-order valence-electron chi connectivity index (χ2n) is 4.88. The Bertz CT molecular complexity index is 572. The van der Waals surface area contributed by atoms with E-state index in [9.17, 15) is 9.50 Å². The van der Waals surface area contributed by atoms with Gasteiger partial charge in [0.15, 0.2) is 0 Å². The highest BCUT2D eigenvalue weighted by molar-refractivity contribution is 7.99. The number of benzene rings is 1. The highest BCUT2D eigenvalue weighted by Gasteiger charge is 2.16. The molecule has 3 N–H and O–H groups in total. The van der Waals surface area contributed by atoms with E-state index < -0.39 is 0 Å². The summed E-state index contributed by atoms with van der Waals surface area (Å²) in [5.74, 6) is -0.270. The zero-order valence-electron chi connectivity index (χ0n) is 12.1. The Labute approximate surface area is 128 Å². The second kappa shape index (κ2) is 7.59. The van der Waals surface area contributed by atoms with Gasteiger partial charge in [-0.1, -0.05) is 12.1 Å². The Morgan fingerprint density at radius 2 is 2.19 bits per heavy atom. The minimum Gasteiger partial charge on any atom is -0.395 e. The summed E-state index contributed by atoms with van der Waals surface area (Å²) in [5, 5.41) is 19.7. The van der Waals surface area contributed by atoms with Gasteiger partial charge in [0.1, 0.15) is 5.82 Å². The topological polar surface area (TPSA) is 60.9 Å². The molecule has 0 saturated carbocycles. The number of nitrogens with zero attached hydrogens (tertiary/aromatic N) is 1. The third kappa shape index (κ3) is 3.84. The molecule has 0 saturated heterocycles. The first kappa shape index (κ1) is 16.0. The van der Waals surface area contributed by atoms with Gasteiger partial charge in [-0.3, -0.25) is 5.10 Å². The summed E-state index contributed by atoms with van der Waals surface area (Å²) in [4.78, 5) is 0. The van der Waals surface area contributed by atoms with E-state index in [0.29, 0.717) is 17.8 Å². The van der Waals surface area contributed by atoms with E-state index >= 15 is 0 Å². The molecule has 0 radical (unpaired) electrons. The Hall–Kier alpha value is -1.37. The Kier molecular flexibility index (Phi) is 5.78. The molecule has 114 valence electrons. The number of thioether (sulfide) groups is 1. The van der Waals surface area contributed by atoms with E-state index in [2.05, 4.69) is 15.5 Å². The number of halogens is 1. The van der Waals surface area contributed by atoms with Crippen LogP contribution < -0.4 is 5.32 Å². The SMILES string of the molecule is CSC(CO)C(C)NCc1cn[nH]c1-c1ccccc1F. The second-order valence-corrected chi connectivity index (χ2v) is 5.95. The first-order valence-corrected chi connectivity index (χ1v) is 8.10. The molecule has 0 spiro atoms. The van der Waals surface area contributed by atoms with Crippen LogP contribution in [0.3, 0.4) is 0 Å². The molecule has 2 aromatic rings. The molecule has 4 nitrogen and oxygen atoms in total. The maximum Gasteiger partial charge on any atom is 0.132 e. The molecule has 21 heavy (non-hydrogen) atoms. The Morgan fingerprint density at radius 3 is 2.86 bits per heavy atom. The van der Waals surface area contributed by atoms with Gasteiger partial charge in [-0.2, -0.15) is 16.9 Å². The van der Waals surface area contributed by atoms with Crippen molar-refractivity contribution in [3.8, 4) is 11.3 Å². The monoisotopic (exact) mass is 309 g/mol. The van der Waals surface area contributed by atoms with Crippen LogP contribution in [0.25, 0.3) is 11.3 Å². The van der Waals surface area contributed by atoms with Gasteiger partial charge < -0.3 is 10.4 Å². The van der Waals surface area contributed by atoms with Crippen molar-refractivity contribution in [3.05, 3.63) is 41.8 Å². The maximum absolute atomic E-state index is 13.9. The largest absolute Gasteiger partial charge is 0.395 e. The van der Waals surface area contributed by atoms with Crippen molar-refractivity contribution >= 4 is 11.8 Å². The van der Waals surface area contributed by atoms with Gasteiger partial charge in [-0.15, -0.1) is 0 Å². The molecule has 2 atom stereocenters. The molecule has 0 aliphatic carbocycles. The molecular weight excluding hydrogens is 289 g/mol. The van der Waals surface area contributed by atoms with Crippen molar-refractivity contribution in [2.75, 3.05) is 12.9 Å². The smallest absolute Gasteiger partial charge is 0.132 e. The third-order valence-electron chi connectivity index (χ3n) is 3.52. The number of hydrogen-bond donors (Lipinski definition) is 3. The maximum atomic E-state index is 13.9. The molecular formula is C15H20FN3OS. The van der Waals surface area contributed by atoms with Gasteiger partial charge in [-0.05, 0) is 25.3 Å². The summed E-state index contributed by atoms with van der Waals surface area (Å²) in [6.07, 6.45) is 3.68.